The Balaban J connectivity index is 1.69. The highest BCUT2D eigenvalue weighted by molar-refractivity contribution is 7.21. The summed E-state index contributed by atoms with van der Waals surface area (Å²) in [5.74, 6) is -1.19. The average molecular weight is 444 g/mol. The first-order chi connectivity index (χ1) is 14.9. The number of rotatable bonds is 7. The number of carbonyl (C=O) groups excluding carboxylic acids is 1. The number of nitrogens with one attached hydrogen (secondary N) is 1. The minimum Gasteiger partial charge on any atom is -0.408 e. The number of methoxy groups -OCH3 is 1. The van der Waals surface area contributed by atoms with Gasteiger partial charge in [0.05, 0.1) is 17.0 Å². The van der Waals surface area contributed by atoms with Crippen molar-refractivity contribution in [2.45, 2.75) is 13.2 Å². The van der Waals surface area contributed by atoms with Gasteiger partial charge in [-0.15, -0.1) is 11.3 Å². The molecule has 2 aromatic carbocycles. The number of anilines is 1. The van der Waals surface area contributed by atoms with Crippen LogP contribution in [0.15, 0.2) is 45.6 Å². The summed E-state index contributed by atoms with van der Waals surface area (Å²) in [6, 6.07) is 9.79. The third kappa shape index (κ3) is 4.12. The van der Waals surface area contributed by atoms with E-state index in [-0.39, 0.29) is 18.3 Å². The van der Waals surface area contributed by atoms with Crippen LogP contribution in [0.25, 0.3) is 21.2 Å². The summed E-state index contributed by atoms with van der Waals surface area (Å²) in [6.45, 7) is 1.25. The fourth-order valence-electron chi connectivity index (χ4n) is 3.47. The Labute approximate surface area is 181 Å². The molecule has 2 aromatic heterocycles. The molecule has 0 radical (unpaired) electrons. The van der Waals surface area contributed by atoms with Gasteiger partial charge in [-0.3, -0.25) is 9.36 Å². The fraction of sp³-hybridized carbons (Fsp3) is 0.273. The Morgan fingerprint density at radius 1 is 1.29 bits per heavy atom. The van der Waals surface area contributed by atoms with E-state index in [0.717, 1.165) is 0 Å². The molecule has 0 unspecified atom stereocenters. The largest absolute Gasteiger partial charge is 0.419 e. The summed E-state index contributed by atoms with van der Waals surface area (Å²) in [7, 11) is 5.35. The lowest BCUT2D eigenvalue weighted by atomic mass is 10.1. The Morgan fingerprint density at radius 3 is 2.84 bits per heavy atom. The first kappa shape index (κ1) is 21.2. The third-order valence-corrected chi connectivity index (χ3v) is 6.15. The Kier molecular flexibility index (Phi) is 5.90. The summed E-state index contributed by atoms with van der Waals surface area (Å²) >= 11 is 1.22. The van der Waals surface area contributed by atoms with Crippen LogP contribution in [0.4, 0.5) is 10.1 Å². The van der Waals surface area contributed by atoms with Crippen molar-refractivity contribution in [3.8, 4) is 0 Å². The number of ether oxygens (including phenoxy) is 1. The number of halogens is 1. The lowest BCUT2D eigenvalue weighted by molar-refractivity contribution is 0.102. The van der Waals surface area contributed by atoms with Crippen LogP contribution in [0.1, 0.15) is 15.2 Å². The highest BCUT2D eigenvalue weighted by Gasteiger charge is 2.21. The van der Waals surface area contributed by atoms with Gasteiger partial charge in [-0.1, -0.05) is 6.07 Å². The minimum absolute atomic E-state index is 0.120. The number of nitrogens with zero attached hydrogens (tertiary/aromatic N) is 2. The molecule has 0 spiro atoms. The van der Waals surface area contributed by atoms with Gasteiger partial charge in [-0.05, 0) is 44.4 Å². The first-order valence-corrected chi connectivity index (χ1v) is 10.5. The van der Waals surface area contributed by atoms with Crippen molar-refractivity contribution in [3.05, 3.63) is 63.2 Å². The van der Waals surface area contributed by atoms with Crippen LogP contribution in [0.5, 0.6) is 0 Å². The molecule has 0 aliphatic rings. The van der Waals surface area contributed by atoms with Crippen LogP contribution in [0.2, 0.25) is 0 Å². The van der Waals surface area contributed by atoms with Gasteiger partial charge in [0, 0.05) is 41.5 Å². The minimum atomic E-state index is -0.442. The van der Waals surface area contributed by atoms with E-state index in [1.165, 1.54) is 29.1 Å². The van der Waals surface area contributed by atoms with Gasteiger partial charge in [-0.2, -0.15) is 0 Å². The molecule has 0 saturated heterocycles. The zero-order valence-electron chi connectivity index (χ0n) is 17.4. The van der Waals surface area contributed by atoms with E-state index in [1.54, 1.807) is 30.3 Å². The quantitative estimate of drug-likeness (QED) is 0.469. The van der Waals surface area contributed by atoms with Gasteiger partial charge in [0.25, 0.3) is 5.91 Å². The zero-order valence-corrected chi connectivity index (χ0v) is 18.2. The normalized spacial score (nSPS) is 11.6. The standard InChI is InChI=1S/C22H22FN3O4S/c1-25(2)9-10-26-16-11-13(7-8-17(16)30-22(26)28)24-21(27)20-14(12-29-3)19-15(23)5-4-6-18(19)31-20/h4-8,11H,9-10,12H2,1-3H3,(H,24,27). The fourth-order valence-corrected chi connectivity index (χ4v) is 4.59. The van der Waals surface area contributed by atoms with Crippen molar-refractivity contribution >= 4 is 44.1 Å². The highest BCUT2D eigenvalue weighted by Crippen LogP contribution is 2.34. The van der Waals surface area contributed by atoms with Gasteiger partial charge < -0.3 is 19.4 Å². The Bertz CT molecular complexity index is 1320. The van der Waals surface area contributed by atoms with E-state index in [9.17, 15) is 14.0 Å². The molecule has 9 heteroatoms. The van der Waals surface area contributed by atoms with Gasteiger partial charge in [0.15, 0.2) is 5.58 Å². The lowest BCUT2D eigenvalue weighted by Crippen LogP contribution is -2.23. The smallest absolute Gasteiger partial charge is 0.408 e. The molecule has 1 amide bonds. The number of amides is 1. The highest BCUT2D eigenvalue weighted by atomic mass is 32.1. The van der Waals surface area contributed by atoms with E-state index in [4.69, 9.17) is 9.15 Å². The average Bonchev–Trinajstić information content (AvgIpc) is 3.24. The first-order valence-electron chi connectivity index (χ1n) is 9.67. The lowest BCUT2D eigenvalue weighted by Gasteiger charge is -2.10. The predicted molar refractivity (Wildman–Crippen MR) is 119 cm³/mol. The van der Waals surface area contributed by atoms with Crippen LogP contribution in [-0.4, -0.2) is 43.1 Å². The maximum atomic E-state index is 14.4. The molecule has 31 heavy (non-hydrogen) atoms. The maximum Gasteiger partial charge on any atom is 0.419 e. The molecule has 0 aliphatic carbocycles. The molecule has 7 nitrogen and oxygen atoms in total. The predicted octanol–water partition coefficient (Wildman–Crippen LogP) is 3.91. The second-order valence-electron chi connectivity index (χ2n) is 7.42. The molecule has 0 atom stereocenters. The molecular weight excluding hydrogens is 421 g/mol. The zero-order chi connectivity index (χ0) is 22.1. The number of hydrogen-bond donors (Lipinski definition) is 1. The van der Waals surface area contributed by atoms with Gasteiger partial charge in [0.2, 0.25) is 0 Å². The number of oxazole rings is 1. The van der Waals surface area contributed by atoms with E-state index >= 15 is 0 Å². The molecule has 0 saturated carbocycles. The molecule has 0 bridgehead atoms. The summed E-state index contributed by atoms with van der Waals surface area (Å²) in [5.41, 5.74) is 2.08. The second-order valence-corrected chi connectivity index (χ2v) is 8.47. The Morgan fingerprint density at radius 2 is 2.10 bits per heavy atom. The molecule has 2 heterocycles. The molecule has 4 aromatic rings. The third-order valence-electron chi connectivity index (χ3n) is 4.95. The molecule has 1 N–H and O–H groups in total. The Hall–Kier alpha value is -3.01. The summed E-state index contributed by atoms with van der Waals surface area (Å²) < 4.78 is 27.1. The SMILES string of the molecule is COCc1c(C(=O)Nc2ccc3oc(=O)n(CCN(C)C)c3c2)sc2cccc(F)c12. The molecular formula is C22H22FN3O4S. The van der Waals surface area contributed by atoms with Crippen LogP contribution in [-0.2, 0) is 17.9 Å². The number of hydrogen-bond acceptors (Lipinski definition) is 6. The summed E-state index contributed by atoms with van der Waals surface area (Å²) in [4.78, 5) is 27.6. The van der Waals surface area contributed by atoms with Crippen molar-refractivity contribution in [2.75, 3.05) is 33.1 Å². The van der Waals surface area contributed by atoms with E-state index in [2.05, 4.69) is 5.32 Å². The van der Waals surface area contributed by atoms with Crippen LogP contribution < -0.4 is 11.1 Å². The van der Waals surface area contributed by atoms with Crippen molar-refractivity contribution in [1.29, 1.82) is 0 Å². The van der Waals surface area contributed by atoms with E-state index in [0.29, 0.717) is 50.4 Å². The second kappa shape index (κ2) is 8.62. The van der Waals surface area contributed by atoms with Crippen LogP contribution in [0, 0.1) is 5.82 Å². The van der Waals surface area contributed by atoms with Crippen molar-refractivity contribution in [3.63, 3.8) is 0 Å². The monoisotopic (exact) mass is 443 g/mol. The number of benzene rings is 2. The van der Waals surface area contributed by atoms with E-state index < -0.39 is 5.76 Å². The number of fused-ring (bicyclic) bond motifs is 2. The summed E-state index contributed by atoms with van der Waals surface area (Å²) in [6.07, 6.45) is 0. The maximum absolute atomic E-state index is 14.4. The van der Waals surface area contributed by atoms with Crippen LogP contribution in [0.3, 0.4) is 0 Å². The molecule has 162 valence electrons. The van der Waals surface area contributed by atoms with Crippen molar-refractivity contribution < 1.29 is 18.3 Å². The van der Waals surface area contributed by atoms with Gasteiger partial charge in [0.1, 0.15) is 5.82 Å². The number of thiophene rings is 1. The number of likely N-dealkylation sites (N-methyl/N-ethyl adjacent to an activating group) is 1. The van der Waals surface area contributed by atoms with Crippen molar-refractivity contribution in [1.82, 2.24) is 9.47 Å². The number of aromatic nitrogens is 1. The van der Waals surface area contributed by atoms with Crippen molar-refractivity contribution in [2.24, 2.45) is 0 Å². The van der Waals surface area contributed by atoms with Crippen LogP contribution >= 0.6 is 11.3 Å². The summed E-state index contributed by atoms with van der Waals surface area (Å²) in [5, 5.41) is 3.26. The van der Waals surface area contributed by atoms with Gasteiger partial charge >= 0.3 is 5.76 Å². The van der Waals surface area contributed by atoms with Gasteiger partial charge in [-0.25, -0.2) is 9.18 Å². The number of carbonyl (C=O) groups is 1. The van der Waals surface area contributed by atoms with E-state index in [1.807, 2.05) is 19.0 Å². The molecule has 0 aliphatic heterocycles. The topological polar surface area (TPSA) is 76.7 Å². The molecule has 4 rings (SSSR count). The molecule has 0 fully saturated rings.